The number of fused-ring (bicyclic) bond motifs is 5. The maximum atomic E-state index is 12.8. The van der Waals surface area contributed by atoms with Gasteiger partial charge in [-0.2, -0.15) is 13.8 Å². The van der Waals surface area contributed by atoms with Crippen molar-refractivity contribution in [1.82, 2.24) is 15.0 Å². The molecule has 7 rings (SSSR count). The van der Waals surface area contributed by atoms with Crippen LogP contribution in [0.3, 0.4) is 0 Å². The molecule has 2 N–H and O–H groups in total. The number of hydrogen-bond acceptors (Lipinski definition) is 8. The standard InChI is InChI=1S/C22H26F2N6O2/c23-21(24)32-18-6-13(8-26-20(18)25)17-7-19(29-10-16-4-3-15(29)11-31-16)28-22(27-17)30-9-12-1-2-14(30)5-12/h6-8,12,14-16,21H,1-5,9-11H2,(H2,25,26)/t12?,14?,15-,16-/m0/s1. The molecule has 4 atom stereocenters. The smallest absolute Gasteiger partial charge is 0.387 e. The molecule has 4 saturated heterocycles. The van der Waals surface area contributed by atoms with Crippen molar-refractivity contribution in [2.24, 2.45) is 5.92 Å². The monoisotopic (exact) mass is 444 g/mol. The van der Waals surface area contributed by atoms with Gasteiger partial charge in [-0.15, -0.1) is 0 Å². The molecule has 0 radical (unpaired) electrons. The van der Waals surface area contributed by atoms with Crippen molar-refractivity contribution in [3.63, 3.8) is 0 Å². The van der Waals surface area contributed by atoms with Crippen molar-refractivity contribution in [3.05, 3.63) is 18.3 Å². The lowest BCUT2D eigenvalue weighted by molar-refractivity contribution is -0.0494. The third-order valence-corrected chi connectivity index (χ3v) is 7.24. The van der Waals surface area contributed by atoms with Gasteiger partial charge in [0.1, 0.15) is 5.82 Å². The van der Waals surface area contributed by atoms with E-state index < -0.39 is 6.61 Å². The highest BCUT2D eigenvalue weighted by Gasteiger charge is 2.40. The molecule has 4 aliphatic heterocycles. The Morgan fingerprint density at radius 3 is 2.59 bits per heavy atom. The van der Waals surface area contributed by atoms with Gasteiger partial charge in [0.15, 0.2) is 11.6 Å². The fraction of sp³-hybridized carbons (Fsp3) is 0.591. The number of pyridine rings is 1. The normalized spacial score (nSPS) is 28.7. The third-order valence-electron chi connectivity index (χ3n) is 7.24. The molecule has 10 heteroatoms. The predicted octanol–water partition coefficient (Wildman–Crippen LogP) is 3.08. The van der Waals surface area contributed by atoms with E-state index in [9.17, 15) is 8.78 Å². The first-order valence-electron chi connectivity index (χ1n) is 11.3. The van der Waals surface area contributed by atoms with E-state index in [1.807, 2.05) is 6.07 Å². The van der Waals surface area contributed by atoms with Crippen LogP contribution in [0.2, 0.25) is 0 Å². The van der Waals surface area contributed by atoms with Gasteiger partial charge < -0.3 is 25.0 Å². The molecule has 1 saturated carbocycles. The summed E-state index contributed by atoms with van der Waals surface area (Å²) in [6.07, 6.45) is 7.50. The minimum absolute atomic E-state index is 0.0779. The summed E-state index contributed by atoms with van der Waals surface area (Å²) in [6, 6.07) is 4.14. The molecule has 5 aliphatic rings. The highest BCUT2D eigenvalue weighted by Crippen LogP contribution is 2.41. The number of hydrogen-bond donors (Lipinski definition) is 1. The minimum atomic E-state index is -2.98. The van der Waals surface area contributed by atoms with Gasteiger partial charge in [-0.25, -0.2) is 9.97 Å². The summed E-state index contributed by atoms with van der Waals surface area (Å²) < 4.78 is 36.1. The largest absolute Gasteiger partial charge is 0.431 e. The van der Waals surface area contributed by atoms with Crippen molar-refractivity contribution in [2.45, 2.75) is 56.9 Å². The summed E-state index contributed by atoms with van der Waals surface area (Å²) in [7, 11) is 0. The molecule has 0 spiro atoms. The molecule has 8 nitrogen and oxygen atoms in total. The second-order valence-corrected chi connectivity index (χ2v) is 9.22. The Balaban J connectivity index is 1.41. The predicted molar refractivity (Wildman–Crippen MR) is 115 cm³/mol. The number of anilines is 3. The molecule has 170 valence electrons. The number of morpholine rings is 1. The fourth-order valence-electron chi connectivity index (χ4n) is 5.63. The summed E-state index contributed by atoms with van der Waals surface area (Å²) in [5.74, 6) is 2.01. The number of nitrogen functional groups attached to an aromatic ring is 1. The van der Waals surface area contributed by atoms with Crippen LogP contribution < -0.4 is 20.3 Å². The van der Waals surface area contributed by atoms with Crippen LogP contribution in [0.4, 0.5) is 26.4 Å². The molecule has 4 bridgehead atoms. The molecule has 6 heterocycles. The first kappa shape index (κ1) is 19.9. The van der Waals surface area contributed by atoms with Crippen LogP contribution in [0, 0.1) is 5.92 Å². The number of halogens is 2. The van der Waals surface area contributed by atoms with E-state index in [1.165, 1.54) is 18.9 Å². The number of alkyl halides is 2. The van der Waals surface area contributed by atoms with Gasteiger partial charge in [0.05, 0.1) is 24.4 Å². The average molecular weight is 444 g/mol. The van der Waals surface area contributed by atoms with E-state index in [1.54, 1.807) is 6.20 Å². The van der Waals surface area contributed by atoms with Gasteiger partial charge >= 0.3 is 6.61 Å². The quantitative estimate of drug-likeness (QED) is 0.753. The molecule has 5 fully saturated rings. The van der Waals surface area contributed by atoms with Crippen molar-refractivity contribution >= 4 is 17.6 Å². The highest BCUT2D eigenvalue weighted by molar-refractivity contribution is 5.68. The lowest BCUT2D eigenvalue weighted by Gasteiger charge is -2.46. The Morgan fingerprint density at radius 1 is 1.06 bits per heavy atom. The molecule has 2 unspecified atom stereocenters. The van der Waals surface area contributed by atoms with E-state index in [0.717, 1.165) is 38.2 Å². The van der Waals surface area contributed by atoms with Gasteiger partial charge in [0.2, 0.25) is 5.95 Å². The van der Waals surface area contributed by atoms with Crippen LogP contribution in [0.1, 0.15) is 32.1 Å². The van der Waals surface area contributed by atoms with Crippen LogP contribution in [-0.2, 0) is 4.74 Å². The summed E-state index contributed by atoms with van der Waals surface area (Å²) in [5, 5.41) is 0. The van der Waals surface area contributed by atoms with E-state index in [2.05, 4.69) is 19.5 Å². The fourth-order valence-corrected chi connectivity index (χ4v) is 5.63. The molecule has 2 aromatic rings. The van der Waals surface area contributed by atoms with Crippen molar-refractivity contribution in [3.8, 4) is 17.0 Å². The average Bonchev–Trinajstić information content (AvgIpc) is 3.45. The number of piperidine rings is 2. The van der Waals surface area contributed by atoms with Gasteiger partial charge in [-0.1, -0.05) is 0 Å². The first-order valence-corrected chi connectivity index (χ1v) is 11.3. The van der Waals surface area contributed by atoms with E-state index in [4.69, 9.17) is 20.4 Å². The number of ether oxygens (including phenoxy) is 2. The molecule has 0 amide bonds. The Hall–Kier alpha value is -2.75. The van der Waals surface area contributed by atoms with Gasteiger partial charge in [0, 0.05) is 37.0 Å². The summed E-state index contributed by atoms with van der Waals surface area (Å²) in [6.45, 7) is -0.520. The van der Waals surface area contributed by atoms with Crippen molar-refractivity contribution in [1.29, 1.82) is 0 Å². The SMILES string of the molecule is Nc1ncc(-c2cc(N3C[C@@H]4CC[C@H]3CO4)nc(N3CC4CCC3C4)n2)cc1OC(F)F. The zero-order chi connectivity index (χ0) is 21.8. The Bertz CT molecular complexity index is 1020. The van der Waals surface area contributed by atoms with Crippen LogP contribution in [0.15, 0.2) is 18.3 Å². The van der Waals surface area contributed by atoms with Gasteiger partial charge in [0.25, 0.3) is 0 Å². The summed E-state index contributed by atoms with van der Waals surface area (Å²) in [4.78, 5) is 18.5. The zero-order valence-electron chi connectivity index (χ0n) is 17.7. The van der Waals surface area contributed by atoms with Gasteiger partial charge in [-0.05, 0) is 44.1 Å². The first-order chi connectivity index (χ1) is 15.5. The molecular formula is C22H26F2N6O2. The number of nitrogens with two attached hydrogens (primary N) is 1. The Kier molecular flexibility index (Phi) is 4.78. The minimum Gasteiger partial charge on any atom is -0.431 e. The maximum absolute atomic E-state index is 12.8. The molecule has 32 heavy (non-hydrogen) atoms. The number of rotatable bonds is 5. The second kappa shape index (κ2) is 7.68. The van der Waals surface area contributed by atoms with E-state index in [-0.39, 0.29) is 23.7 Å². The zero-order valence-corrected chi connectivity index (χ0v) is 17.7. The van der Waals surface area contributed by atoms with Gasteiger partial charge in [-0.3, -0.25) is 0 Å². The van der Waals surface area contributed by atoms with Crippen LogP contribution in [0.5, 0.6) is 5.75 Å². The highest BCUT2D eigenvalue weighted by atomic mass is 19.3. The summed E-state index contributed by atoms with van der Waals surface area (Å²) >= 11 is 0. The van der Waals surface area contributed by atoms with Crippen LogP contribution in [-0.4, -0.2) is 59.4 Å². The van der Waals surface area contributed by atoms with Crippen molar-refractivity contribution in [2.75, 3.05) is 35.2 Å². The van der Waals surface area contributed by atoms with Crippen LogP contribution in [0.25, 0.3) is 11.3 Å². The Morgan fingerprint density at radius 2 is 1.94 bits per heavy atom. The summed E-state index contributed by atoms with van der Waals surface area (Å²) in [5.41, 5.74) is 6.94. The molecular weight excluding hydrogens is 418 g/mol. The van der Waals surface area contributed by atoms with Crippen LogP contribution >= 0.6 is 0 Å². The maximum Gasteiger partial charge on any atom is 0.387 e. The van der Waals surface area contributed by atoms with Crippen molar-refractivity contribution < 1.29 is 18.3 Å². The topological polar surface area (TPSA) is 89.6 Å². The molecule has 1 aliphatic carbocycles. The van der Waals surface area contributed by atoms with E-state index in [0.29, 0.717) is 35.8 Å². The molecule has 2 aromatic heterocycles. The number of nitrogens with zero attached hydrogens (tertiary/aromatic N) is 5. The Labute approximate surface area is 184 Å². The lowest BCUT2D eigenvalue weighted by atomic mass is 9.97. The third kappa shape index (κ3) is 3.50. The molecule has 0 aromatic carbocycles. The van der Waals surface area contributed by atoms with E-state index >= 15 is 0 Å². The lowest BCUT2D eigenvalue weighted by Crippen LogP contribution is -2.55. The number of aromatic nitrogens is 3. The second-order valence-electron chi connectivity index (χ2n) is 9.22.